The molecule has 4 heterocycles. The van der Waals surface area contributed by atoms with Crippen LogP contribution >= 0.6 is 0 Å². The summed E-state index contributed by atoms with van der Waals surface area (Å²) in [5, 5.41) is 2.63. The number of rotatable bonds is 6. The minimum atomic E-state index is -0.194. The summed E-state index contributed by atoms with van der Waals surface area (Å²) in [6.45, 7) is 5.97. The van der Waals surface area contributed by atoms with E-state index in [1.807, 2.05) is 19.1 Å². The third-order valence-corrected chi connectivity index (χ3v) is 6.99. The summed E-state index contributed by atoms with van der Waals surface area (Å²) in [7, 11) is 3.33. The molecular weight excluding hydrogens is 416 g/mol. The first-order chi connectivity index (χ1) is 16.0. The lowest BCUT2D eigenvalue weighted by atomic mass is 10.0. The van der Waals surface area contributed by atoms with E-state index in [2.05, 4.69) is 36.1 Å². The average molecular weight is 451 g/mol. The van der Waals surface area contributed by atoms with Gasteiger partial charge in [-0.2, -0.15) is 0 Å². The van der Waals surface area contributed by atoms with Crippen molar-refractivity contribution in [3.63, 3.8) is 0 Å². The van der Waals surface area contributed by atoms with E-state index in [9.17, 15) is 9.59 Å². The fourth-order valence-electron chi connectivity index (χ4n) is 5.09. The summed E-state index contributed by atoms with van der Waals surface area (Å²) < 4.78 is 0. The number of aromatic nitrogens is 2. The second-order valence-electron chi connectivity index (χ2n) is 8.89. The van der Waals surface area contributed by atoms with Crippen molar-refractivity contribution >= 4 is 17.8 Å². The molecule has 4 rings (SSSR count). The van der Waals surface area contributed by atoms with Crippen LogP contribution in [-0.2, 0) is 6.42 Å². The number of pyridine rings is 2. The van der Waals surface area contributed by atoms with Gasteiger partial charge in [-0.1, -0.05) is 13.0 Å². The number of aromatic amines is 1. The van der Waals surface area contributed by atoms with Crippen LogP contribution in [0.5, 0.6) is 0 Å². The Hall–Kier alpha value is -3.00. The summed E-state index contributed by atoms with van der Waals surface area (Å²) in [5.41, 5.74) is 4.15. The molecule has 2 N–H and O–H groups in total. The largest absolute Gasteiger partial charge is 0.370 e. The van der Waals surface area contributed by atoms with E-state index >= 15 is 0 Å². The molecule has 1 atom stereocenters. The second-order valence-corrected chi connectivity index (χ2v) is 8.89. The molecule has 2 aromatic rings. The second kappa shape index (κ2) is 10.3. The van der Waals surface area contributed by atoms with Crippen LogP contribution in [0.25, 0.3) is 0 Å². The lowest BCUT2D eigenvalue weighted by Crippen LogP contribution is -2.44. The van der Waals surface area contributed by atoms with Gasteiger partial charge >= 0.3 is 0 Å². The Balaban J connectivity index is 1.39. The first-order valence-corrected chi connectivity index (χ1v) is 11.9. The number of carbonyl (C=O) groups is 1. The van der Waals surface area contributed by atoms with Gasteiger partial charge < -0.3 is 15.2 Å². The van der Waals surface area contributed by atoms with E-state index in [0.717, 1.165) is 74.5 Å². The van der Waals surface area contributed by atoms with Crippen LogP contribution < -0.4 is 15.8 Å². The molecule has 0 saturated carbocycles. The average Bonchev–Trinajstić information content (AvgIpc) is 3.34. The zero-order valence-corrected chi connectivity index (χ0v) is 19.8. The number of piperidine rings is 1. The van der Waals surface area contributed by atoms with Crippen molar-refractivity contribution in [2.75, 3.05) is 45.2 Å². The van der Waals surface area contributed by atoms with Gasteiger partial charge in [-0.25, -0.2) is 4.98 Å². The third kappa shape index (κ3) is 5.00. The predicted octanol–water partition coefficient (Wildman–Crippen LogP) is 2.20. The van der Waals surface area contributed by atoms with Gasteiger partial charge in [0.1, 0.15) is 11.4 Å². The molecule has 8 heteroatoms. The number of amides is 1. The van der Waals surface area contributed by atoms with Crippen molar-refractivity contribution in [2.24, 2.45) is 4.99 Å². The molecule has 2 saturated heterocycles. The maximum absolute atomic E-state index is 12.2. The number of H-pyrrole nitrogens is 1. The molecule has 0 spiro atoms. The molecule has 0 aliphatic carbocycles. The van der Waals surface area contributed by atoms with Crippen molar-refractivity contribution in [1.82, 2.24) is 20.2 Å². The standard InChI is InChI=1S/C25H34N6O2/c1-4-17-5-6-20(29-24(17)32)18-9-12-31(16-18)19-10-13-30(14-11-19)23-8-7-21(25(33)27-3)28-22(23)15-26-2/h5-8,15,18-19H,4,9-14,16H2,1-3H3,(H,27,33)(H,29,32)/b26-15-. The van der Waals surface area contributed by atoms with E-state index in [-0.39, 0.29) is 11.5 Å². The van der Waals surface area contributed by atoms with Crippen molar-refractivity contribution < 1.29 is 4.79 Å². The minimum Gasteiger partial charge on any atom is -0.370 e. The Labute approximate surface area is 195 Å². The summed E-state index contributed by atoms with van der Waals surface area (Å²) in [4.78, 5) is 40.9. The Kier molecular flexibility index (Phi) is 7.23. The lowest BCUT2D eigenvalue weighted by molar-refractivity contribution is 0.0958. The maximum atomic E-state index is 12.2. The van der Waals surface area contributed by atoms with Gasteiger partial charge in [0.15, 0.2) is 0 Å². The highest BCUT2D eigenvalue weighted by Crippen LogP contribution is 2.31. The number of aliphatic imine (C=N–C) groups is 1. The predicted molar refractivity (Wildman–Crippen MR) is 132 cm³/mol. The van der Waals surface area contributed by atoms with Crippen LogP contribution in [0, 0.1) is 0 Å². The summed E-state index contributed by atoms with van der Waals surface area (Å²) in [6, 6.07) is 8.40. The molecule has 0 aromatic carbocycles. The van der Waals surface area contributed by atoms with Crippen LogP contribution in [0.1, 0.15) is 59.5 Å². The normalized spacial score (nSPS) is 20.0. The quantitative estimate of drug-likeness (QED) is 0.658. The van der Waals surface area contributed by atoms with Gasteiger partial charge in [-0.3, -0.25) is 19.5 Å². The Morgan fingerprint density at radius 2 is 2.00 bits per heavy atom. The highest BCUT2D eigenvalue weighted by atomic mass is 16.1. The SMILES string of the molecule is CCc1ccc(C2CCN(C3CCN(c4ccc(C(=O)NC)nc4/C=N\C)CC3)C2)[nH]c1=O. The van der Waals surface area contributed by atoms with Crippen molar-refractivity contribution in [3.05, 3.63) is 57.3 Å². The molecule has 2 fully saturated rings. The van der Waals surface area contributed by atoms with Gasteiger partial charge in [-0.15, -0.1) is 0 Å². The summed E-state index contributed by atoms with van der Waals surface area (Å²) in [5.74, 6) is 0.204. The molecule has 2 aliphatic rings. The zero-order chi connectivity index (χ0) is 23.4. The smallest absolute Gasteiger partial charge is 0.269 e. The molecule has 1 amide bonds. The Morgan fingerprint density at radius 3 is 2.67 bits per heavy atom. The number of hydrogen-bond acceptors (Lipinski definition) is 6. The van der Waals surface area contributed by atoms with Crippen LogP contribution in [0.2, 0.25) is 0 Å². The highest BCUT2D eigenvalue weighted by Gasteiger charge is 2.32. The molecule has 0 bridgehead atoms. The van der Waals surface area contributed by atoms with Gasteiger partial charge in [0.05, 0.1) is 5.69 Å². The molecule has 2 aliphatic heterocycles. The highest BCUT2D eigenvalue weighted by molar-refractivity contribution is 5.94. The van der Waals surface area contributed by atoms with Gasteiger partial charge in [0.25, 0.3) is 11.5 Å². The lowest BCUT2D eigenvalue weighted by Gasteiger charge is -2.38. The molecular formula is C25H34N6O2. The monoisotopic (exact) mass is 450 g/mol. The first-order valence-electron chi connectivity index (χ1n) is 11.9. The van der Waals surface area contributed by atoms with Crippen molar-refractivity contribution in [3.8, 4) is 0 Å². The van der Waals surface area contributed by atoms with E-state index in [4.69, 9.17) is 0 Å². The van der Waals surface area contributed by atoms with Crippen LogP contribution in [-0.4, -0.2) is 73.3 Å². The first kappa shape index (κ1) is 23.2. The van der Waals surface area contributed by atoms with Gasteiger partial charge in [0.2, 0.25) is 0 Å². The van der Waals surface area contributed by atoms with E-state index in [1.54, 1.807) is 26.4 Å². The Morgan fingerprint density at radius 1 is 1.21 bits per heavy atom. The molecule has 1 unspecified atom stereocenters. The molecule has 176 valence electrons. The van der Waals surface area contributed by atoms with Crippen molar-refractivity contribution in [1.29, 1.82) is 0 Å². The fourth-order valence-corrected chi connectivity index (χ4v) is 5.09. The number of hydrogen-bond donors (Lipinski definition) is 2. The zero-order valence-electron chi connectivity index (χ0n) is 19.8. The third-order valence-electron chi connectivity index (χ3n) is 6.99. The van der Waals surface area contributed by atoms with Gasteiger partial charge in [0, 0.05) is 63.2 Å². The number of anilines is 1. The number of nitrogens with zero attached hydrogens (tertiary/aromatic N) is 4. The maximum Gasteiger partial charge on any atom is 0.269 e. The molecule has 0 radical (unpaired) electrons. The number of aryl methyl sites for hydroxylation is 1. The van der Waals surface area contributed by atoms with Crippen molar-refractivity contribution in [2.45, 2.75) is 44.6 Å². The van der Waals surface area contributed by atoms with Crippen LogP contribution in [0.4, 0.5) is 5.69 Å². The minimum absolute atomic E-state index is 0.0595. The van der Waals surface area contributed by atoms with E-state index < -0.39 is 0 Å². The summed E-state index contributed by atoms with van der Waals surface area (Å²) in [6.07, 6.45) is 5.74. The molecule has 33 heavy (non-hydrogen) atoms. The van der Waals surface area contributed by atoms with Crippen LogP contribution in [0.3, 0.4) is 0 Å². The number of likely N-dealkylation sites (tertiary alicyclic amines) is 1. The Bertz CT molecular complexity index is 1070. The molecule has 8 nitrogen and oxygen atoms in total. The number of nitrogens with one attached hydrogen (secondary N) is 2. The van der Waals surface area contributed by atoms with Crippen LogP contribution in [0.15, 0.2) is 34.1 Å². The van der Waals surface area contributed by atoms with E-state index in [0.29, 0.717) is 17.7 Å². The molecule has 2 aromatic heterocycles. The number of carbonyl (C=O) groups excluding carboxylic acids is 1. The van der Waals surface area contributed by atoms with E-state index in [1.165, 1.54) is 0 Å². The fraction of sp³-hybridized carbons (Fsp3) is 0.520. The van der Waals surface area contributed by atoms with Gasteiger partial charge in [-0.05, 0) is 50.4 Å². The topological polar surface area (TPSA) is 93.7 Å². The summed E-state index contributed by atoms with van der Waals surface area (Å²) >= 11 is 0.